The maximum atomic E-state index is 6.26. The molecule has 4 rings (SSSR count). The average Bonchev–Trinajstić information content (AvgIpc) is 3.13. The molecule has 0 amide bonds. The van der Waals surface area contributed by atoms with Crippen LogP contribution >= 0.6 is 11.8 Å². The summed E-state index contributed by atoms with van der Waals surface area (Å²) in [5, 5.41) is 4.92. The molecule has 2 aliphatic heterocycles. The maximum absolute atomic E-state index is 6.26. The zero-order valence-electron chi connectivity index (χ0n) is 17.0. The number of nitrogens with one attached hydrogen (secondary N) is 1. The molecule has 160 valence electrons. The number of ether oxygens (including phenoxy) is 2. The Morgan fingerprint density at radius 3 is 2.62 bits per heavy atom. The minimum absolute atomic E-state index is 0. The fraction of sp³-hybridized carbons (Fsp3) is 0.600. The number of quaternary nitrogens is 1. The molecule has 7 nitrogen and oxygen atoms in total. The van der Waals surface area contributed by atoms with Crippen LogP contribution in [0, 0.1) is 0 Å². The van der Waals surface area contributed by atoms with Crippen molar-refractivity contribution in [1.29, 1.82) is 0 Å². The van der Waals surface area contributed by atoms with Crippen molar-refractivity contribution in [2.45, 2.75) is 31.4 Å². The lowest BCUT2D eigenvalue weighted by molar-refractivity contribution is -0.885. The highest BCUT2D eigenvalue weighted by Gasteiger charge is 2.31. The summed E-state index contributed by atoms with van der Waals surface area (Å²) < 4.78 is 15.2. The third-order valence-electron chi connectivity index (χ3n) is 5.68. The molecule has 0 radical (unpaired) electrons. The van der Waals surface area contributed by atoms with Crippen LogP contribution in [0.15, 0.2) is 24.3 Å². The third kappa shape index (κ3) is 5.41. The molecule has 2 aliphatic rings. The Balaban J connectivity index is 0.00000240. The van der Waals surface area contributed by atoms with Gasteiger partial charge in [-0.2, -0.15) is 5.10 Å². The highest BCUT2D eigenvalue weighted by molar-refractivity contribution is 6.13. The molecule has 1 unspecified atom stereocenters. The number of rotatable bonds is 5. The number of morpholine rings is 1. The quantitative estimate of drug-likeness (QED) is 0.558. The molecule has 2 aromatic rings. The lowest BCUT2D eigenvalue weighted by Crippen LogP contribution is -3.10. The van der Waals surface area contributed by atoms with Gasteiger partial charge in [-0.25, -0.2) is 14.1 Å². The Hall–Kier alpha value is -1.38. The van der Waals surface area contributed by atoms with Gasteiger partial charge in [-0.15, -0.1) is 0 Å². The van der Waals surface area contributed by atoms with E-state index in [4.69, 9.17) is 31.3 Å². The number of nitrogens with zero attached hydrogens (tertiary/aromatic N) is 4. The Kier molecular flexibility index (Phi) is 7.76. The number of hydrogen-bond donors (Lipinski definition) is 1. The van der Waals surface area contributed by atoms with E-state index in [9.17, 15) is 0 Å². The minimum atomic E-state index is -0.129. The van der Waals surface area contributed by atoms with Crippen molar-refractivity contribution in [3.05, 3.63) is 41.5 Å². The van der Waals surface area contributed by atoms with Crippen LogP contribution in [0.5, 0.6) is 5.75 Å². The Morgan fingerprint density at radius 2 is 1.97 bits per heavy atom. The number of piperidine rings is 1. The van der Waals surface area contributed by atoms with E-state index in [0.717, 1.165) is 49.9 Å². The van der Waals surface area contributed by atoms with Crippen LogP contribution in [0.3, 0.4) is 0 Å². The summed E-state index contributed by atoms with van der Waals surface area (Å²) in [5.74, 6) is 2.61. The number of aromatic nitrogens is 3. The highest BCUT2D eigenvalue weighted by atomic mass is 35.5. The van der Waals surface area contributed by atoms with Crippen molar-refractivity contribution >= 4 is 11.8 Å². The second-order valence-electron chi connectivity index (χ2n) is 7.77. The first kappa shape index (κ1) is 22.3. The molecule has 1 aromatic carbocycles. The molecule has 0 saturated carbocycles. The number of hydrogen-bond acceptors (Lipinski definition) is 5. The van der Waals surface area contributed by atoms with Crippen molar-refractivity contribution in [2.24, 2.45) is 0 Å². The monoisotopic (exact) mass is 441 g/mol. The first-order chi connectivity index (χ1) is 13.6. The van der Waals surface area contributed by atoms with Crippen LogP contribution in [0.25, 0.3) is 0 Å². The molecule has 3 heterocycles. The predicted octanol–water partition coefficient (Wildman–Crippen LogP) is -1.74. The Labute approximate surface area is 183 Å². The molecule has 0 spiro atoms. The van der Waals surface area contributed by atoms with Gasteiger partial charge in [0.2, 0.25) is 0 Å². The van der Waals surface area contributed by atoms with Crippen molar-refractivity contribution in [3.63, 3.8) is 0 Å². The number of benzene rings is 1. The van der Waals surface area contributed by atoms with E-state index in [0.29, 0.717) is 25.6 Å². The first-order valence-corrected chi connectivity index (χ1v) is 10.4. The Bertz CT molecular complexity index is 778. The first-order valence-electron chi connectivity index (χ1n) is 10.0. The van der Waals surface area contributed by atoms with Crippen LogP contribution in [0.2, 0.25) is 0 Å². The van der Waals surface area contributed by atoms with Gasteiger partial charge in [0, 0.05) is 32.4 Å². The van der Waals surface area contributed by atoms with Gasteiger partial charge in [0.05, 0.1) is 39.9 Å². The largest absolute Gasteiger partial charge is 1.00 e. The van der Waals surface area contributed by atoms with Gasteiger partial charge in [0.15, 0.2) is 11.6 Å². The van der Waals surface area contributed by atoms with E-state index < -0.39 is 0 Å². The van der Waals surface area contributed by atoms with Gasteiger partial charge >= 0.3 is 0 Å². The lowest BCUT2D eigenvalue weighted by Gasteiger charge is -2.31. The lowest BCUT2D eigenvalue weighted by atomic mass is 10.1. The highest BCUT2D eigenvalue weighted by Crippen LogP contribution is 2.27. The van der Waals surface area contributed by atoms with Gasteiger partial charge in [-0.05, 0) is 29.5 Å². The third-order valence-corrected chi connectivity index (χ3v) is 5.99. The van der Waals surface area contributed by atoms with Crippen molar-refractivity contribution in [2.75, 3.05) is 46.9 Å². The van der Waals surface area contributed by atoms with Crippen LogP contribution in [0.1, 0.15) is 42.2 Å². The number of methoxy groups -OCH3 is 1. The fourth-order valence-corrected chi connectivity index (χ4v) is 4.18. The van der Waals surface area contributed by atoms with Gasteiger partial charge in [0.1, 0.15) is 11.9 Å². The molecular formula is C20H29Cl2N5O2. The zero-order valence-corrected chi connectivity index (χ0v) is 18.5. The molecule has 29 heavy (non-hydrogen) atoms. The molecule has 1 aromatic heterocycles. The normalized spacial score (nSPS) is 25.4. The summed E-state index contributed by atoms with van der Waals surface area (Å²) in [4.78, 5) is 6.48. The second kappa shape index (κ2) is 10.1. The van der Waals surface area contributed by atoms with E-state index in [-0.39, 0.29) is 18.5 Å². The summed E-state index contributed by atoms with van der Waals surface area (Å²) in [5.41, 5.74) is 1.17. The molecule has 2 fully saturated rings. The topological polar surface area (TPSA) is 56.9 Å². The molecule has 9 heteroatoms. The van der Waals surface area contributed by atoms with Crippen LogP contribution < -0.4 is 22.0 Å². The summed E-state index contributed by atoms with van der Waals surface area (Å²) >= 11 is 6.26. The summed E-state index contributed by atoms with van der Waals surface area (Å²) in [7, 11) is 3.93. The van der Waals surface area contributed by atoms with Crippen molar-refractivity contribution in [3.8, 4) is 5.75 Å². The molecule has 1 N–H and O–H groups in total. The van der Waals surface area contributed by atoms with E-state index in [1.165, 1.54) is 5.56 Å². The summed E-state index contributed by atoms with van der Waals surface area (Å²) in [6, 6.07) is 8.46. The van der Waals surface area contributed by atoms with E-state index >= 15 is 0 Å². The van der Waals surface area contributed by atoms with Gasteiger partial charge in [-0.1, -0.05) is 12.1 Å². The second-order valence-corrected chi connectivity index (χ2v) is 8.25. The van der Waals surface area contributed by atoms with Gasteiger partial charge in [0.25, 0.3) is 0 Å². The van der Waals surface area contributed by atoms with E-state index in [1.54, 1.807) is 16.4 Å². The van der Waals surface area contributed by atoms with Crippen LogP contribution in [0.4, 0.5) is 0 Å². The molecule has 0 aliphatic carbocycles. The zero-order chi connectivity index (χ0) is 19.5. The maximum Gasteiger partial charge on any atom is 0.158 e. The minimum Gasteiger partial charge on any atom is -1.00 e. The van der Waals surface area contributed by atoms with Crippen LogP contribution in [-0.4, -0.2) is 66.1 Å². The molecule has 2 saturated heterocycles. The summed E-state index contributed by atoms with van der Waals surface area (Å²) in [6.45, 7) is 4.31. The molecule has 1 atom stereocenters. The average molecular weight is 442 g/mol. The molecular weight excluding hydrogens is 413 g/mol. The summed E-state index contributed by atoms with van der Waals surface area (Å²) in [6.07, 6.45) is 2.79. The fourth-order valence-electron chi connectivity index (χ4n) is 3.98. The molecule has 0 bridgehead atoms. The predicted molar refractivity (Wildman–Crippen MR) is 107 cm³/mol. The number of likely N-dealkylation sites (tertiary alicyclic amines) is 1. The van der Waals surface area contributed by atoms with Crippen LogP contribution in [-0.2, 0) is 11.2 Å². The number of halogens is 2. The van der Waals surface area contributed by atoms with E-state index in [1.807, 2.05) is 12.1 Å². The smallest absolute Gasteiger partial charge is 0.158 e. The SMILES string of the molecule is COc1ccc(Cc2nc(C3CN(Cl)CCO3)n(C3CC[NH+](C)CC3)n2)cc1.[Cl-]. The van der Waals surface area contributed by atoms with Crippen molar-refractivity contribution < 1.29 is 26.8 Å². The Morgan fingerprint density at radius 1 is 1.24 bits per heavy atom. The van der Waals surface area contributed by atoms with Crippen molar-refractivity contribution in [1.82, 2.24) is 19.2 Å². The van der Waals surface area contributed by atoms with E-state index in [2.05, 4.69) is 23.9 Å². The van der Waals surface area contributed by atoms with Gasteiger partial charge < -0.3 is 26.8 Å². The standard InChI is InChI=1S/C20H28ClN5O2.ClH/c1-24-9-7-16(8-10-24)26-20(18-14-25(21)11-12-28-18)22-19(23-26)13-15-3-5-17(27-2)6-4-15;/h3-6,16,18H,7-14H2,1-2H3;1H. The van der Waals surface area contributed by atoms with Gasteiger partial charge in [-0.3, -0.25) is 0 Å².